The van der Waals surface area contributed by atoms with Crippen molar-refractivity contribution in [2.45, 2.75) is 6.92 Å². The quantitative estimate of drug-likeness (QED) is 0.193. The van der Waals surface area contributed by atoms with Crippen molar-refractivity contribution in [1.82, 2.24) is 0 Å². The SMILES string of the molecule is Cc1ccc(C(=O)/C(C=O)=N/N(CC(=O)c2ccccc2)c2ccccc2)cc1. The van der Waals surface area contributed by atoms with Gasteiger partial charge in [-0.3, -0.25) is 19.4 Å². The molecule has 0 aliphatic rings. The van der Waals surface area contributed by atoms with E-state index in [9.17, 15) is 14.4 Å². The number of benzene rings is 3. The minimum Gasteiger partial charge on any atom is -0.296 e. The first-order valence-corrected chi connectivity index (χ1v) is 9.14. The van der Waals surface area contributed by atoms with E-state index < -0.39 is 5.78 Å². The fraction of sp³-hybridized carbons (Fsp3) is 0.0833. The Kier molecular flexibility index (Phi) is 6.43. The molecule has 3 aromatic carbocycles. The summed E-state index contributed by atoms with van der Waals surface area (Å²) in [5.41, 5.74) is 2.24. The van der Waals surface area contributed by atoms with Crippen LogP contribution in [0.4, 0.5) is 5.69 Å². The van der Waals surface area contributed by atoms with Crippen LogP contribution in [-0.4, -0.2) is 30.1 Å². The lowest BCUT2D eigenvalue weighted by molar-refractivity contribution is -0.102. The van der Waals surface area contributed by atoms with E-state index in [1.807, 2.05) is 19.1 Å². The predicted octanol–water partition coefficient (Wildman–Crippen LogP) is 4.12. The van der Waals surface area contributed by atoms with Gasteiger partial charge in [0.25, 0.3) is 0 Å². The third kappa shape index (κ3) is 5.11. The van der Waals surface area contributed by atoms with Crippen LogP contribution in [0.5, 0.6) is 0 Å². The molecule has 3 aromatic rings. The fourth-order valence-electron chi connectivity index (χ4n) is 2.74. The number of para-hydroxylation sites is 1. The Balaban J connectivity index is 1.94. The monoisotopic (exact) mass is 384 g/mol. The lowest BCUT2D eigenvalue weighted by atomic mass is 10.1. The molecular weight excluding hydrogens is 364 g/mol. The van der Waals surface area contributed by atoms with Gasteiger partial charge in [-0.2, -0.15) is 5.10 Å². The molecule has 0 bridgehead atoms. The molecule has 0 amide bonds. The van der Waals surface area contributed by atoms with Gasteiger partial charge in [0, 0.05) is 11.1 Å². The van der Waals surface area contributed by atoms with E-state index in [0.717, 1.165) is 5.56 Å². The van der Waals surface area contributed by atoms with E-state index in [2.05, 4.69) is 5.10 Å². The number of carbonyl (C=O) groups excluding carboxylic acids is 3. The molecule has 0 saturated heterocycles. The molecule has 0 N–H and O–H groups in total. The maximum atomic E-state index is 12.7. The standard InChI is InChI=1S/C24H20N2O3/c1-18-12-14-20(15-13-18)24(29)22(17-27)25-26(21-10-6-3-7-11-21)16-23(28)19-8-4-2-5-9-19/h2-15,17H,16H2,1H3/b25-22+. The molecule has 0 fully saturated rings. The summed E-state index contributed by atoms with van der Waals surface area (Å²) >= 11 is 0. The molecule has 0 aliphatic carbocycles. The second-order valence-corrected chi connectivity index (χ2v) is 6.48. The summed E-state index contributed by atoms with van der Waals surface area (Å²) in [6, 6.07) is 24.7. The van der Waals surface area contributed by atoms with Crippen LogP contribution >= 0.6 is 0 Å². The number of Topliss-reactive ketones (excluding diaryl/α,β-unsaturated/α-hetero) is 2. The van der Waals surface area contributed by atoms with Gasteiger partial charge < -0.3 is 0 Å². The van der Waals surface area contributed by atoms with E-state index in [1.165, 1.54) is 5.01 Å². The molecular formula is C24H20N2O3. The first-order valence-electron chi connectivity index (χ1n) is 9.14. The molecule has 5 nitrogen and oxygen atoms in total. The molecule has 0 atom stereocenters. The number of nitrogens with zero attached hydrogens (tertiary/aromatic N) is 2. The van der Waals surface area contributed by atoms with E-state index in [-0.39, 0.29) is 18.0 Å². The number of hydrazone groups is 1. The normalized spacial score (nSPS) is 11.0. The second-order valence-electron chi connectivity index (χ2n) is 6.48. The van der Waals surface area contributed by atoms with Gasteiger partial charge in [0.1, 0.15) is 6.54 Å². The summed E-state index contributed by atoms with van der Waals surface area (Å²) in [5, 5.41) is 5.62. The second kappa shape index (κ2) is 9.37. The maximum Gasteiger partial charge on any atom is 0.216 e. The smallest absolute Gasteiger partial charge is 0.216 e. The number of ketones is 2. The number of hydrogen-bond donors (Lipinski definition) is 0. The van der Waals surface area contributed by atoms with Crippen molar-refractivity contribution in [3.8, 4) is 0 Å². The molecule has 0 heterocycles. The van der Waals surface area contributed by atoms with Crippen LogP contribution in [0.2, 0.25) is 0 Å². The minimum absolute atomic E-state index is 0.105. The lowest BCUT2D eigenvalue weighted by Gasteiger charge is -2.19. The highest BCUT2D eigenvalue weighted by atomic mass is 16.1. The average Bonchev–Trinajstić information content (AvgIpc) is 2.77. The number of rotatable bonds is 8. The van der Waals surface area contributed by atoms with Crippen molar-refractivity contribution in [3.05, 3.63) is 102 Å². The number of anilines is 1. The van der Waals surface area contributed by atoms with Crippen LogP contribution in [0.25, 0.3) is 0 Å². The zero-order valence-electron chi connectivity index (χ0n) is 16.0. The third-order valence-corrected chi connectivity index (χ3v) is 4.33. The minimum atomic E-state index is -0.493. The van der Waals surface area contributed by atoms with Gasteiger partial charge in [-0.1, -0.05) is 78.4 Å². The van der Waals surface area contributed by atoms with Gasteiger partial charge in [0.2, 0.25) is 5.78 Å². The van der Waals surface area contributed by atoms with Crippen LogP contribution in [0.1, 0.15) is 26.3 Å². The van der Waals surface area contributed by atoms with E-state index in [4.69, 9.17) is 0 Å². The Morgan fingerprint density at radius 1 is 0.828 bits per heavy atom. The summed E-state index contributed by atoms with van der Waals surface area (Å²) in [7, 11) is 0. The van der Waals surface area contributed by atoms with Gasteiger partial charge in [-0.25, -0.2) is 0 Å². The first kappa shape index (κ1) is 19.9. The summed E-state index contributed by atoms with van der Waals surface area (Å²) in [6.07, 6.45) is 0.422. The van der Waals surface area contributed by atoms with Gasteiger partial charge >= 0.3 is 0 Å². The highest BCUT2D eigenvalue weighted by Crippen LogP contribution is 2.16. The Bertz CT molecular complexity index is 1030. The molecule has 0 aliphatic heterocycles. The van der Waals surface area contributed by atoms with Crippen LogP contribution in [0.3, 0.4) is 0 Å². The summed E-state index contributed by atoms with van der Waals surface area (Å²) in [4.78, 5) is 37.1. The molecule has 0 spiro atoms. The zero-order valence-corrected chi connectivity index (χ0v) is 16.0. The van der Waals surface area contributed by atoms with Gasteiger partial charge in [-0.05, 0) is 19.1 Å². The van der Waals surface area contributed by atoms with Crippen LogP contribution in [0.15, 0.2) is 90.0 Å². The molecule has 5 heteroatoms. The van der Waals surface area contributed by atoms with Crippen molar-refractivity contribution < 1.29 is 14.4 Å². The van der Waals surface area contributed by atoms with E-state index in [1.54, 1.807) is 72.8 Å². The molecule has 0 unspecified atom stereocenters. The first-order chi connectivity index (χ1) is 14.1. The van der Waals surface area contributed by atoms with Crippen molar-refractivity contribution in [2.24, 2.45) is 5.10 Å². The number of aldehydes is 1. The Labute approximate surface area is 169 Å². The van der Waals surface area contributed by atoms with Crippen LogP contribution in [-0.2, 0) is 4.79 Å². The molecule has 0 saturated carbocycles. The number of aryl methyl sites for hydroxylation is 1. The number of carbonyl (C=O) groups is 3. The van der Waals surface area contributed by atoms with E-state index in [0.29, 0.717) is 23.1 Å². The van der Waals surface area contributed by atoms with Crippen molar-refractivity contribution in [3.63, 3.8) is 0 Å². The van der Waals surface area contributed by atoms with Crippen molar-refractivity contribution in [1.29, 1.82) is 0 Å². The zero-order chi connectivity index (χ0) is 20.6. The van der Waals surface area contributed by atoms with Gasteiger partial charge in [0.15, 0.2) is 17.8 Å². The molecule has 144 valence electrons. The van der Waals surface area contributed by atoms with Gasteiger partial charge in [-0.15, -0.1) is 0 Å². The molecule has 29 heavy (non-hydrogen) atoms. The molecule has 0 radical (unpaired) electrons. The summed E-state index contributed by atoms with van der Waals surface area (Å²) in [6.45, 7) is 1.81. The average molecular weight is 384 g/mol. The topological polar surface area (TPSA) is 66.8 Å². The van der Waals surface area contributed by atoms with E-state index >= 15 is 0 Å². The highest BCUT2D eigenvalue weighted by Gasteiger charge is 2.18. The predicted molar refractivity (Wildman–Crippen MR) is 114 cm³/mol. The third-order valence-electron chi connectivity index (χ3n) is 4.33. The Morgan fingerprint density at radius 3 is 2.00 bits per heavy atom. The number of hydrogen-bond acceptors (Lipinski definition) is 5. The van der Waals surface area contributed by atoms with Gasteiger partial charge in [0.05, 0.1) is 5.69 Å². The Hall–Kier alpha value is -3.86. The van der Waals surface area contributed by atoms with Crippen molar-refractivity contribution >= 4 is 29.3 Å². The largest absolute Gasteiger partial charge is 0.296 e. The van der Waals surface area contributed by atoms with Crippen LogP contribution < -0.4 is 5.01 Å². The summed E-state index contributed by atoms with van der Waals surface area (Å²) < 4.78 is 0. The molecule has 0 aromatic heterocycles. The highest BCUT2D eigenvalue weighted by molar-refractivity contribution is 6.64. The van der Waals surface area contributed by atoms with Crippen LogP contribution in [0, 0.1) is 6.92 Å². The Morgan fingerprint density at radius 2 is 1.41 bits per heavy atom. The maximum absolute atomic E-state index is 12.7. The fourth-order valence-corrected chi connectivity index (χ4v) is 2.74. The lowest BCUT2D eigenvalue weighted by Crippen LogP contribution is -2.29. The van der Waals surface area contributed by atoms with Crippen molar-refractivity contribution in [2.75, 3.05) is 11.6 Å². The molecule has 3 rings (SSSR count). The summed E-state index contributed by atoms with van der Waals surface area (Å²) in [5.74, 6) is -0.667.